The fraction of sp³-hybridized carbons (Fsp3) is 0.500. The summed E-state index contributed by atoms with van der Waals surface area (Å²) in [7, 11) is 0. The first-order valence-electron chi connectivity index (χ1n) is 9.12. The van der Waals surface area contributed by atoms with Crippen LogP contribution >= 0.6 is 0 Å². The molecule has 0 amide bonds. The standard InChI is InChI=1S/C20H22FN3O2/c1-3-14-10-15-13(2)16(12-22)19(23-18(15)17(21)11-14)24-6-4-20(5-7-24)25-8-9-26-20/h10-11H,3-9H2,1-2H3. The van der Waals surface area contributed by atoms with Crippen molar-refractivity contribution >= 4 is 16.7 Å². The zero-order valence-corrected chi connectivity index (χ0v) is 15.1. The Hall–Kier alpha value is -2.23. The van der Waals surface area contributed by atoms with E-state index in [-0.39, 0.29) is 5.82 Å². The Labute approximate surface area is 152 Å². The summed E-state index contributed by atoms with van der Waals surface area (Å²) in [6, 6.07) is 5.76. The van der Waals surface area contributed by atoms with Gasteiger partial charge in [-0.3, -0.25) is 0 Å². The van der Waals surface area contributed by atoms with Crippen molar-refractivity contribution in [3.63, 3.8) is 0 Å². The molecule has 0 bridgehead atoms. The normalized spacial score (nSPS) is 19.2. The molecule has 1 aromatic heterocycles. The van der Waals surface area contributed by atoms with E-state index >= 15 is 0 Å². The molecule has 6 heteroatoms. The van der Waals surface area contributed by atoms with E-state index in [4.69, 9.17) is 9.47 Å². The number of pyridine rings is 1. The molecule has 0 radical (unpaired) electrons. The molecule has 26 heavy (non-hydrogen) atoms. The van der Waals surface area contributed by atoms with Crippen molar-refractivity contribution in [1.82, 2.24) is 4.98 Å². The maximum atomic E-state index is 14.6. The number of anilines is 1. The predicted octanol–water partition coefficient (Wildman–Crippen LogP) is 3.46. The van der Waals surface area contributed by atoms with Gasteiger partial charge < -0.3 is 14.4 Å². The molecule has 2 aliphatic heterocycles. The van der Waals surface area contributed by atoms with Gasteiger partial charge >= 0.3 is 0 Å². The number of hydrogen-bond acceptors (Lipinski definition) is 5. The van der Waals surface area contributed by atoms with Gasteiger partial charge in [-0.2, -0.15) is 5.26 Å². The van der Waals surface area contributed by atoms with Crippen LogP contribution in [0.25, 0.3) is 10.9 Å². The average Bonchev–Trinajstić information content (AvgIpc) is 3.10. The Morgan fingerprint density at radius 3 is 2.58 bits per heavy atom. The van der Waals surface area contributed by atoms with Crippen LogP contribution in [-0.2, 0) is 15.9 Å². The molecule has 1 aromatic carbocycles. The summed E-state index contributed by atoms with van der Waals surface area (Å²) in [6.45, 7) is 6.45. The van der Waals surface area contributed by atoms with Gasteiger partial charge in [-0.05, 0) is 36.6 Å². The molecular weight excluding hydrogens is 333 g/mol. The third kappa shape index (κ3) is 2.72. The van der Waals surface area contributed by atoms with Gasteiger partial charge in [-0.25, -0.2) is 9.37 Å². The lowest BCUT2D eigenvalue weighted by Crippen LogP contribution is -2.45. The first-order valence-corrected chi connectivity index (χ1v) is 9.12. The number of rotatable bonds is 2. The van der Waals surface area contributed by atoms with Crippen LogP contribution in [0.5, 0.6) is 0 Å². The van der Waals surface area contributed by atoms with Gasteiger partial charge in [0.15, 0.2) is 5.79 Å². The highest BCUT2D eigenvalue weighted by Gasteiger charge is 2.40. The molecule has 0 saturated carbocycles. The van der Waals surface area contributed by atoms with Crippen molar-refractivity contribution in [2.45, 2.75) is 38.9 Å². The molecule has 2 saturated heterocycles. The van der Waals surface area contributed by atoms with E-state index in [1.54, 1.807) is 0 Å². The quantitative estimate of drug-likeness (QED) is 0.826. The van der Waals surface area contributed by atoms with Crippen molar-refractivity contribution in [2.24, 2.45) is 0 Å². The van der Waals surface area contributed by atoms with Gasteiger partial charge in [0.25, 0.3) is 0 Å². The van der Waals surface area contributed by atoms with Crippen LogP contribution in [0.4, 0.5) is 10.2 Å². The van der Waals surface area contributed by atoms with Crippen LogP contribution in [-0.4, -0.2) is 37.1 Å². The lowest BCUT2D eigenvalue weighted by atomic mass is 9.99. The number of halogens is 1. The first kappa shape index (κ1) is 17.2. The number of nitrogens with zero attached hydrogens (tertiary/aromatic N) is 3. The molecule has 3 heterocycles. The molecule has 136 valence electrons. The van der Waals surface area contributed by atoms with Crippen molar-refractivity contribution in [1.29, 1.82) is 5.26 Å². The van der Waals surface area contributed by atoms with Gasteiger partial charge in [0.2, 0.25) is 0 Å². The second-order valence-electron chi connectivity index (χ2n) is 6.97. The van der Waals surface area contributed by atoms with Gasteiger partial charge in [-0.15, -0.1) is 0 Å². The Morgan fingerprint density at radius 1 is 1.27 bits per heavy atom. The summed E-state index contributed by atoms with van der Waals surface area (Å²) >= 11 is 0. The highest BCUT2D eigenvalue weighted by Crippen LogP contribution is 2.36. The van der Waals surface area contributed by atoms with Crippen molar-refractivity contribution in [3.8, 4) is 6.07 Å². The second kappa shape index (κ2) is 6.49. The van der Waals surface area contributed by atoms with Crippen LogP contribution in [0, 0.1) is 24.1 Å². The van der Waals surface area contributed by atoms with E-state index < -0.39 is 5.79 Å². The predicted molar refractivity (Wildman–Crippen MR) is 96.6 cm³/mol. The van der Waals surface area contributed by atoms with E-state index in [9.17, 15) is 9.65 Å². The third-order valence-electron chi connectivity index (χ3n) is 5.50. The molecule has 0 unspecified atom stereocenters. The highest BCUT2D eigenvalue weighted by atomic mass is 19.1. The molecular formula is C20H22FN3O2. The Kier molecular flexibility index (Phi) is 4.29. The molecule has 2 fully saturated rings. The number of hydrogen-bond donors (Lipinski definition) is 0. The van der Waals surface area contributed by atoms with Crippen LogP contribution in [0.2, 0.25) is 0 Å². The number of nitriles is 1. The van der Waals surface area contributed by atoms with Crippen LogP contribution < -0.4 is 4.90 Å². The molecule has 4 rings (SSSR count). The molecule has 0 atom stereocenters. The first-order chi connectivity index (χ1) is 12.6. The maximum absolute atomic E-state index is 14.6. The average molecular weight is 355 g/mol. The zero-order chi connectivity index (χ0) is 18.3. The summed E-state index contributed by atoms with van der Waals surface area (Å²) in [5.41, 5.74) is 2.55. The maximum Gasteiger partial charge on any atom is 0.171 e. The molecule has 2 aromatic rings. The van der Waals surface area contributed by atoms with Gasteiger partial charge in [0.1, 0.15) is 23.2 Å². The summed E-state index contributed by atoms with van der Waals surface area (Å²) in [5.74, 6) is -0.256. The Balaban J connectivity index is 1.76. The summed E-state index contributed by atoms with van der Waals surface area (Å²) in [4.78, 5) is 6.62. The van der Waals surface area contributed by atoms with E-state index in [0.29, 0.717) is 56.0 Å². The number of aryl methyl sites for hydroxylation is 2. The largest absolute Gasteiger partial charge is 0.355 e. The van der Waals surface area contributed by atoms with E-state index in [0.717, 1.165) is 22.9 Å². The summed E-state index contributed by atoms with van der Waals surface area (Å²) in [5, 5.41) is 10.5. The Morgan fingerprint density at radius 2 is 1.96 bits per heavy atom. The zero-order valence-electron chi connectivity index (χ0n) is 15.1. The minimum atomic E-state index is -0.490. The van der Waals surface area contributed by atoms with Gasteiger partial charge in [0, 0.05) is 31.3 Å². The van der Waals surface area contributed by atoms with E-state index in [1.165, 1.54) is 6.07 Å². The lowest BCUT2D eigenvalue weighted by molar-refractivity contribution is -0.169. The molecule has 5 nitrogen and oxygen atoms in total. The van der Waals surface area contributed by atoms with Gasteiger partial charge in [-0.1, -0.05) is 6.92 Å². The fourth-order valence-electron chi connectivity index (χ4n) is 3.93. The fourth-order valence-corrected chi connectivity index (χ4v) is 3.93. The number of aromatic nitrogens is 1. The van der Waals surface area contributed by atoms with E-state index in [1.807, 2.05) is 19.9 Å². The highest BCUT2D eigenvalue weighted by molar-refractivity contribution is 5.88. The minimum absolute atomic E-state index is 0.330. The molecule has 1 spiro atoms. The molecule has 0 N–H and O–H groups in total. The monoisotopic (exact) mass is 355 g/mol. The molecule has 0 aliphatic carbocycles. The van der Waals surface area contributed by atoms with Crippen LogP contribution in [0.1, 0.15) is 36.5 Å². The minimum Gasteiger partial charge on any atom is -0.355 e. The third-order valence-corrected chi connectivity index (χ3v) is 5.50. The number of benzene rings is 1. The van der Waals surface area contributed by atoms with E-state index in [2.05, 4.69) is 16.0 Å². The summed E-state index contributed by atoms with van der Waals surface area (Å²) in [6.07, 6.45) is 2.17. The SMILES string of the molecule is CCc1cc(F)c2nc(N3CCC4(CC3)OCCO4)c(C#N)c(C)c2c1. The summed E-state index contributed by atoms with van der Waals surface area (Å²) < 4.78 is 26.2. The second-order valence-corrected chi connectivity index (χ2v) is 6.97. The van der Waals surface area contributed by atoms with Crippen LogP contribution in [0.3, 0.4) is 0 Å². The molecule has 2 aliphatic rings. The lowest BCUT2D eigenvalue weighted by Gasteiger charge is -2.38. The topological polar surface area (TPSA) is 58.4 Å². The van der Waals surface area contributed by atoms with Crippen molar-refractivity contribution in [3.05, 3.63) is 34.6 Å². The number of ether oxygens (including phenoxy) is 2. The van der Waals surface area contributed by atoms with Crippen molar-refractivity contribution < 1.29 is 13.9 Å². The number of piperidine rings is 1. The number of fused-ring (bicyclic) bond motifs is 1. The van der Waals surface area contributed by atoms with Gasteiger partial charge in [0.05, 0.1) is 18.8 Å². The Bertz CT molecular complexity index is 890. The smallest absolute Gasteiger partial charge is 0.171 e. The van der Waals surface area contributed by atoms with Crippen molar-refractivity contribution in [2.75, 3.05) is 31.2 Å². The van der Waals surface area contributed by atoms with Crippen LogP contribution in [0.15, 0.2) is 12.1 Å².